The monoisotopic (exact) mass is 349 g/mol. The third-order valence-corrected chi connectivity index (χ3v) is 4.25. The molecule has 0 aromatic heterocycles. The molecular weight excluding hydrogens is 330 g/mol. The number of benzene rings is 2. The van der Waals surface area contributed by atoms with Gasteiger partial charge in [0.15, 0.2) is 0 Å². The van der Waals surface area contributed by atoms with Crippen molar-refractivity contribution in [2.75, 3.05) is 18.1 Å². The van der Waals surface area contributed by atoms with E-state index >= 15 is 0 Å². The van der Waals surface area contributed by atoms with E-state index in [4.69, 9.17) is 10.00 Å². The fourth-order valence-electron chi connectivity index (χ4n) is 2.85. The van der Waals surface area contributed by atoms with E-state index in [0.717, 1.165) is 5.56 Å². The Hall–Kier alpha value is -3.33. The van der Waals surface area contributed by atoms with Gasteiger partial charge in [0.2, 0.25) is 11.8 Å². The molecule has 1 aliphatic heterocycles. The Morgan fingerprint density at radius 3 is 2.73 bits per heavy atom. The molecule has 6 nitrogen and oxygen atoms in total. The summed E-state index contributed by atoms with van der Waals surface area (Å²) >= 11 is 0. The fraction of sp³-hybridized carbons (Fsp3) is 0.250. The Morgan fingerprint density at radius 2 is 2.00 bits per heavy atom. The van der Waals surface area contributed by atoms with Crippen LogP contribution in [0.4, 0.5) is 5.69 Å². The van der Waals surface area contributed by atoms with Gasteiger partial charge in [0, 0.05) is 0 Å². The Labute approximate surface area is 152 Å². The van der Waals surface area contributed by atoms with Crippen molar-refractivity contribution >= 4 is 17.5 Å². The van der Waals surface area contributed by atoms with E-state index in [-0.39, 0.29) is 30.8 Å². The maximum absolute atomic E-state index is 12.5. The highest BCUT2D eigenvalue weighted by Gasteiger charge is 2.25. The molecule has 1 aliphatic rings. The number of carbonyl (C=O) groups is 2. The minimum atomic E-state index is -0.257. The first-order valence-electron chi connectivity index (χ1n) is 8.40. The molecule has 2 amide bonds. The average Bonchev–Trinajstić information content (AvgIpc) is 2.81. The summed E-state index contributed by atoms with van der Waals surface area (Å²) in [6.45, 7) is 2.09. The van der Waals surface area contributed by atoms with Crippen LogP contribution in [-0.4, -0.2) is 25.0 Å². The normalized spacial score (nSPS) is 14.5. The molecule has 2 aromatic carbocycles. The van der Waals surface area contributed by atoms with Gasteiger partial charge in [-0.2, -0.15) is 5.26 Å². The van der Waals surface area contributed by atoms with Crippen molar-refractivity contribution in [2.45, 2.75) is 19.4 Å². The molecule has 0 radical (unpaired) electrons. The van der Waals surface area contributed by atoms with Crippen LogP contribution in [0.1, 0.15) is 30.5 Å². The minimum Gasteiger partial charge on any atom is -0.491 e. The Bertz CT molecular complexity index is 855. The summed E-state index contributed by atoms with van der Waals surface area (Å²) in [7, 11) is 0. The van der Waals surface area contributed by atoms with E-state index in [2.05, 4.69) is 11.4 Å². The van der Waals surface area contributed by atoms with Gasteiger partial charge in [-0.05, 0) is 36.8 Å². The highest BCUT2D eigenvalue weighted by molar-refractivity contribution is 6.00. The lowest BCUT2D eigenvalue weighted by molar-refractivity contribution is -0.124. The van der Waals surface area contributed by atoms with Crippen molar-refractivity contribution in [3.8, 4) is 11.8 Å². The second-order valence-corrected chi connectivity index (χ2v) is 6.07. The van der Waals surface area contributed by atoms with Crippen LogP contribution in [0.25, 0.3) is 0 Å². The molecule has 6 heteroatoms. The van der Waals surface area contributed by atoms with Crippen LogP contribution < -0.4 is 15.0 Å². The van der Waals surface area contributed by atoms with Crippen molar-refractivity contribution in [2.24, 2.45) is 0 Å². The van der Waals surface area contributed by atoms with Gasteiger partial charge in [-0.1, -0.05) is 24.3 Å². The zero-order valence-corrected chi connectivity index (χ0v) is 14.4. The van der Waals surface area contributed by atoms with E-state index in [1.165, 1.54) is 4.90 Å². The maximum atomic E-state index is 12.5. The van der Waals surface area contributed by atoms with Gasteiger partial charge in [-0.25, -0.2) is 0 Å². The third kappa shape index (κ3) is 3.83. The molecule has 26 heavy (non-hydrogen) atoms. The molecular formula is C20H19N3O3. The van der Waals surface area contributed by atoms with Crippen molar-refractivity contribution in [1.82, 2.24) is 5.32 Å². The number of nitrogens with zero attached hydrogens (tertiary/aromatic N) is 2. The van der Waals surface area contributed by atoms with Crippen LogP contribution in [0, 0.1) is 11.3 Å². The SMILES string of the molecule is C[C@@H](NC(=O)CN1C(=O)CCOc2ccccc21)c1ccc(C#N)cc1. The molecule has 0 aliphatic carbocycles. The summed E-state index contributed by atoms with van der Waals surface area (Å²) in [5, 5.41) is 11.8. The van der Waals surface area contributed by atoms with Gasteiger partial charge in [-0.15, -0.1) is 0 Å². The van der Waals surface area contributed by atoms with Gasteiger partial charge in [0.1, 0.15) is 12.3 Å². The zero-order chi connectivity index (χ0) is 18.5. The second kappa shape index (κ2) is 7.70. The van der Waals surface area contributed by atoms with Crippen molar-refractivity contribution in [1.29, 1.82) is 5.26 Å². The number of ether oxygens (including phenoxy) is 1. The van der Waals surface area contributed by atoms with Crippen LogP contribution in [-0.2, 0) is 9.59 Å². The molecule has 0 unspecified atom stereocenters. The smallest absolute Gasteiger partial charge is 0.240 e. The summed E-state index contributed by atoms with van der Waals surface area (Å²) < 4.78 is 5.58. The number of para-hydroxylation sites is 2. The number of hydrogen-bond donors (Lipinski definition) is 1. The lowest BCUT2D eigenvalue weighted by atomic mass is 10.1. The summed E-state index contributed by atoms with van der Waals surface area (Å²) in [6.07, 6.45) is 0.229. The molecule has 0 saturated carbocycles. The Morgan fingerprint density at radius 1 is 1.27 bits per heavy atom. The fourth-order valence-corrected chi connectivity index (χ4v) is 2.85. The highest BCUT2D eigenvalue weighted by Crippen LogP contribution is 2.30. The summed E-state index contributed by atoms with van der Waals surface area (Å²) in [5.74, 6) is 0.203. The maximum Gasteiger partial charge on any atom is 0.240 e. The Kier molecular flexibility index (Phi) is 5.18. The van der Waals surface area contributed by atoms with E-state index in [1.807, 2.05) is 31.2 Å². The Balaban J connectivity index is 1.70. The van der Waals surface area contributed by atoms with Gasteiger partial charge >= 0.3 is 0 Å². The number of anilines is 1. The van der Waals surface area contributed by atoms with Crippen LogP contribution >= 0.6 is 0 Å². The predicted molar refractivity (Wildman–Crippen MR) is 96.6 cm³/mol. The molecule has 0 saturated heterocycles. The molecule has 132 valence electrons. The van der Waals surface area contributed by atoms with Crippen molar-refractivity contribution in [3.63, 3.8) is 0 Å². The number of nitrogens with one attached hydrogen (secondary N) is 1. The molecule has 0 spiro atoms. The lowest BCUT2D eigenvalue weighted by Crippen LogP contribution is -2.41. The first kappa shape index (κ1) is 17.5. The van der Waals surface area contributed by atoms with E-state index in [1.54, 1.807) is 24.3 Å². The average molecular weight is 349 g/mol. The summed E-state index contributed by atoms with van der Waals surface area (Å²) in [6, 6.07) is 16.1. The minimum absolute atomic E-state index is 0.0696. The topological polar surface area (TPSA) is 82.4 Å². The summed E-state index contributed by atoms with van der Waals surface area (Å²) in [4.78, 5) is 26.3. The molecule has 1 heterocycles. The predicted octanol–water partition coefficient (Wildman–Crippen LogP) is 2.55. The van der Waals surface area contributed by atoms with Crippen LogP contribution in [0.15, 0.2) is 48.5 Å². The van der Waals surface area contributed by atoms with Crippen LogP contribution in [0.5, 0.6) is 5.75 Å². The number of amides is 2. The second-order valence-electron chi connectivity index (χ2n) is 6.07. The van der Waals surface area contributed by atoms with Crippen molar-refractivity contribution < 1.29 is 14.3 Å². The third-order valence-electron chi connectivity index (χ3n) is 4.25. The van der Waals surface area contributed by atoms with Gasteiger partial charge in [0.25, 0.3) is 0 Å². The largest absolute Gasteiger partial charge is 0.491 e. The quantitative estimate of drug-likeness (QED) is 0.920. The van der Waals surface area contributed by atoms with Gasteiger partial charge in [-0.3, -0.25) is 14.5 Å². The highest BCUT2D eigenvalue weighted by atomic mass is 16.5. The molecule has 2 aromatic rings. The van der Waals surface area contributed by atoms with Gasteiger partial charge < -0.3 is 10.1 Å². The number of fused-ring (bicyclic) bond motifs is 1. The first-order chi connectivity index (χ1) is 12.6. The first-order valence-corrected chi connectivity index (χ1v) is 8.40. The number of rotatable bonds is 4. The van der Waals surface area contributed by atoms with Gasteiger partial charge in [0.05, 0.1) is 36.4 Å². The summed E-state index contributed by atoms with van der Waals surface area (Å²) in [5.41, 5.74) is 2.07. The lowest BCUT2D eigenvalue weighted by Gasteiger charge is -2.22. The number of hydrogen-bond acceptors (Lipinski definition) is 4. The molecule has 3 rings (SSSR count). The number of nitriles is 1. The van der Waals surface area contributed by atoms with E-state index in [0.29, 0.717) is 23.6 Å². The van der Waals surface area contributed by atoms with Crippen molar-refractivity contribution in [3.05, 3.63) is 59.7 Å². The molecule has 0 fully saturated rings. The standard InChI is InChI=1S/C20H19N3O3/c1-14(16-8-6-15(12-21)7-9-16)22-19(24)13-23-17-4-2-3-5-18(17)26-11-10-20(23)25/h2-9,14H,10-11,13H2,1H3,(H,22,24)/t14-/m1/s1. The molecule has 1 atom stereocenters. The molecule has 0 bridgehead atoms. The van der Waals surface area contributed by atoms with Crippen LogP contribution in [0.3, 0.4) is 0 Å². The zero-order valence-electron chi connectivity index (χ0n) is 14.4. The van der Waals surface area contributed by atoms with E-state index < -0.39 is 0 Å². The number of carbonyl (C=O) groups excluding carboxylic acids is 2. The van der Waals surface area contributed by atoms with Crippen LogP contribution in [0.2, 0.25) is 0 Å². The van der Waals surface area contributed by atoms with E-state index in [9.17, 15) is 9.59 Å². The molecule has 1 N–H and O–H groups in total.